The van der Waals surface area contributed by atoms with E-state index >= 15 is 0 Å². The van der Waals surface area contributed by atoms with Gasteiger partial charge in [0.1, 0.15) is 11.6 Å². The molecule has 0 radical (unpaired) electrons. The Morgan fingerprint density at radius 2 is 1.83 bits per heavy atom. The van der Waals surface area contributed by atoms with Crippen molar-refractivity contribution in [1.29, 1.82) is 0 Å². The number of aromatic hydroxyl groups is 1. The lowest BCUT2D eigenvalue weighted by atomic mass is 10.0. The van der Waals surface area contributed by atoms with Crippen LogP contribution >= 0.6 is 0 Å². The highest BCUT2D eigenvalue weighted by atomic mass is 32.2. The molecule has 0 spiro atoms. The van der Waals surface area contributed by atoms with E-state index in [1.54, 1.807) is 0 Å². The van der Waals surface area contributed by atoms with Gasteiger partial charge in [-0.05, 0) is 44.4 Å². The summed E-state index contributed by atoms with van der Waals surface area (Å²) < 4.78 is 39.0. The van der Waals surface area contributed by atoms with E-state index in [0.29, 0.717) is 18.4 Å². The van der Waals surface area contributed by atoms with E-state index in [4.69, 9.17) is 0 Å². The molecule has 3 rings (SSSR count). The summed E-state index contributed by atoms with van der Waals surface area (Å²) in [6, 6.07) is 4.62. The molecule has 2 heterocycles. The molecule has 1 aromatic heterocycles. The lowest BCUT2D eigenvalue weighted by Crippen LogP contribution is -2.54. The molecule has 13 heteroatoms. The Balaban J connectivity index is 1.95. The number of hydrogen-bond donors (Lipinski definition) is 2. The predicted molar refractivity (Wildman–Crippen MR) is 129 cm³/mol. The highest BCUT2D eigenvalue weighted by Gasteiger charge is 2.47. The van der Waals surface area contributed by atoms with E-state index in [1.807, 2.05) is 0 Å². The van der Waals surface area contributed by atoms with Crippen LogP contribution < -0.4 is 10.9 Å². The number of fused-ring (bicyclic) bond motifs is 1. The number of sulfonamides is 1. The molecule has 1 aliphatic rings. The van der Waals surface area contributed by atoms with Gasteiger partial charge in [0, 0.05) is 34.2 Å². The van der Waals surface area contributed by atoms with Crippen LogP contribution in [0.15, 0.2) is 29.1 Å². The second-order valence-electron chi connectivity index (χ2n) is 9.30. The van der Waals surface area contributed by atoms with Crippen LogP contribution in [0.1, 0.15) is 54.6 Å². The zero-order valence-corrected chi connectivity index (χ0v) is 21.6. The lowest BCUT2D eigenvalue weighted by molar-refractivity contribution is -0.134. The number of benzene rings is 1. The van der Waals surface area contributed by atoms with Crippen LogP contribution in [0.3, 0.4) is 0 Å². The van der Waals surface area contributed by atoms with Gasteiger partial charge in [-0.3, -0.25) is 19.0 Å². The van der Waals surface area contributed by atoms with Gasteiger partial charge in [-0.15, -0.1) is 0 Å². The van der Waals surface area contributed by atoms with E-state index in [9.17, 15) is 32.3 Å². The number of rotatable bonds is 7. The average molecular weight is 524 g/mol. The van der Waals surface area contributed by atoms with Gasteiger partial charge in [0.25, 0.3) is 11.5 Å². The van der Waals surface area contributed by atoms with Crippen molar-refractivity contribution >= 4 is 21.8 Å². The first-order valence-corrected chi connectivity index (χ1v) is 12.7. The van der Waals surface area contributed by atoms with Crippen LogP contribution in [0.5, 0.6) is 5.75 Å². The first kappa shape index (κ1) is 27.3. The van der Waals surface area contributed by atoms with Gasteiger partial charge in [0.2, 0.25) is 21.7 Å². The van der Waals surface area contributed by atoms with Crippen molar-refractivity contribution < 1.29 is 27.5 Å². The van der Waals surface area contributed by atoms with Crippen molar-refractivity contribution in [2.75, 3.05) is 21.1 Å². The number of hydrogen-bond acceptors (Lipinski definition) is 7. The summed E-state index contributed by atoms with van der Waals surface area (Å²) in [6.45, 7) is 2.81. The molecule has 36 heavy (non-hydrogen) atoms. The summed E-state index contributed by atoms with van der Waals surface area (Å²) in [6.07, 6.45) is 0.835. The Morgan fingerprint density at radius 1 is 1.22 bits per heavy atom. The SMILES string of the molecule is CN(C(=O)C(C)(C)S(=O)(=O)N(C)C)C1CCCn2c1nc(C(=O)NCc1ccc(F)cc1)c(O)c2=O. The molecule has 0 aliphatic carbocycles. The van der Waals surface area contributed by atoms with Crippen molar-refractivity contribution in [2.45, 2.75) is 50.6 Å². The summed E-state index contributed by atoms with van der Waals surface area (Å²) in [7, 11) is 0.104. The molecule has 1 aliphatic heterocycles. The van der Waals surface area contributed by atoms with E-state index in [-0.39, 0.29) is 18.9 Å². The van der Waals surface area contributed by atoms with Crippen LogP contribution in [-0.2, 0) is 27.9 Å². The lowest BCUT2D eigenvalue weighted by Gasteiger charge is -2.37. The number of amides is 2. The number of halogens is 1. The van der Waals surface area contributed by atoms with Crippen LogP contribution in [-0.4, -0.2) is 70.0 Å². The molecule has 0 bridgehead atoms. The minimum absolute atomic E-state index is 0.00292. The molecular weight excluding hydrogens is 493 g/mol. The van der Waals surface area contributed by atoms with Crippen LogP contribution in [0, 0.1) is 5.82 Å². The fourth-order valence-corrected chi connectivity index (χ4v) is 5.41. The molecule has 1 unspecified atom stereocenters. The summed E-state index contributed by atoms with van der Waals surface area (Å²) in [4.78, 5) is 44.5. The van der Waals surface area contributed by atoms with Crippen LogP contribution in [0.25, 0.3) is 0 Å². The Labute approximate surface area is 208 Å². The molecule has 2 amide bonds. The third kappa shape index (κ3) is 4.85. The van der Waals surface area contributed by atoms with Gasteiger partial charge in [-0.2, -0.15) is 0 Å². The normalized spacial score (nSPS) is 15.9. The van der Waals surface area contributed by atoms with Crippen molar-refractivity contribution in [2.24, 2.45) is 0 Å². The predicted octanol–water partition coefficient (Wildman–Crippen LogP) is 0.981. The van der Waals surface area contributed by atoms with Gasteiger partial charge in [-0.1, -0.05) is 12.1 Å². The Morgan fingerprint density at radius 3 is 2.42 bits per heavy atom. The summed E-state index contributed by atoms with van der Waals surface area (Å²) in [5, 5.41) is 13.0. The van der Waals surface area contributed by atoms with E-state index in [2.05, 4.69) is 10.3 Å². The highest BCUT2D eigenvalue weighted by molar-refractivity contribution is 7.91. The quantitative estimate of drug-likeness (QED) is 0.551. The van der Waals surface area contributed by atoms with Gasteiger partial charge < -0.3 is 15.3 Å². The molecule has 1 atom stereocenters. The number of nitrogens with zero attached hydrogens (tertiary/aromatic N) is 4. The third-order valence-electron chi connectivity index (χ3n) is 6.34. The first-order valence-electron chi connectivity index (χ1n) is 11.3. The molecule has 0 saturated heterocycles. The topological polar surface area (TPSA) is 142 Å². The highest BCUT2D eigenvalue weighted by Crippen LogP contribution is 2.32. The fourth-order valence-electron chi connectivity index (χ4n) is 4.13. The van der Waals surface area contributed by atoms with Crippen LogP contribution in [0.2, 0.25) is 0 Å². The standard InChI is InChI=1S/C23H30FN5O6S/c1-23(2,36(34,35)27(3)4)22(33)28(5)16-7-6-12-29-19(16)26-17(18(30)21(29)32)20(31)25-13-14-8-10-15(24)11-9-14/h8-11,16,30H,6-7,12-13H2,1-5H3,(H,25,31). The Kier molecular flexibility index (Phi) is 7.55. The largest absolute Gasteiger partial charge is 0.501 e. The zero-order chi connectivity index (χ0) is 27.0. The first-order chi connectivity index (χ1) is 16.7. The molecule has 1 aromatic carbocycles. The van der Waals surface area contributed by atoms with Crippen molar-refractivity contribution in [3.8, 4) is 5.75 Å². The molecule has 2 aromatic rings. The summed E-state index contributed by atoms with van der Waals surface area (Å²) in [5.41, 5.74) is -0.759. The molecule has 0 fully saturated rings. The van der Waals surface area contributed by atoms with Gasteiger partial charge >= 0.3 is 0 Å². The maximum Gasteiger partial charge on any atom is 0.296 e. The molecule has 2 N–H and O–H groups in total. The molecule has 0 saturated carbocycles. The Hall–Kier alpha value is -3.32. The fraction of sp³-hybridized carbons (Fsp3) is 0.478. The van der Waals surface area contributed by atoms with E-state index < -0.39 is 55.4 Å². The number of carbonyl (C=O) groups excluding carboxylic acids is 2. The third-order valence-corrected chi connectivity index (χ3v) is 8.77. The van der Waals surface area contributed by atoms with Crippen molar-refractivity contribution in [1.82, 2.24) is 24.1 Å². The molecule has 11 nitrogen and oxygen atoms in total. The zero-order valence-electron chi connectivity index (χ0n) is 20.8. The van der Waals surface area contributed by atoms with E-state index in [1.165, 1.54) is 68.7 Å². The maximum absolute atomic E-state index is 13.3. The minimum Gasteiger partial charge on any atom is -0.501 e. The number of nitrogens with one attached hydrogen (secondary N) is 1. The second kappa shape index (κ2) is 9.97. The number of carbonyl (C=O) groups is 2. The van der Waals surface area contributed by atoms with Gasteiger partial charge in [0.15, 0.2) is 10.4 Å². The van der Waals surface area contributed by atoms with Gasteiger partial charge in [0.05, 0.1) is 6.04 Å². The van der Waals surface area contributed by atoms with Crippen molar-refractivity contribution in [3.05, 3.63) is 57.5 Å². The maximum atomic E-state index is 13.3. The Bertz CT molecular complexity index is 1340. The second-order valence-corrected chi connectivity index (χ2v) is 12.0. The van der Waals surface area contributed by atoms with Gasteiger partial charge in [-0.25, -0.2) is 22.1 Å². The van der Waals surface area contributed by atoms with E-state index in [0.717, 1.165) is 4.31 Å². The molecular formula is C23H30FN5O6S. The average Bonchev–Trinajstić information content (AvgIpc) is 2.84. The minimum atomic E-state index is -3.98. The monoisotopic (exact) mass is 523 g/mol. The molecule has 196 valence electrons. The number of aromatic nitrogens is 2. The summed E-state index contributed by atoms with van der Waals surface area (Å²) in [5.74, 6) is -2.73. The summed E-state index contributed by atoms with van der Waals surface area (Å²) >= 11 is 0. The smallest absolute Gasteiger partial charge is 0.296 e. The van der Waals surface area contributed by atoms with Crippen LogP contribution in [0.4, 0.5) is 4.39 Å². The van der Waals surface area contributed by atoms with Crippen molar-refractivity contribution in [3.63, 3.8) is 0 Å².